The monoisotopic (exact) mass is 531 g/mol. The molecule has 1 saturated heterocycles. The summed E-state index contributed by atoms with van der Waals surface area (Å²) < 4.78 is 15.2. The molecule has 0 bridgehead atoms. The van der Waals surface area contributed by atoms with E-state index in [-0.39, 0.29) is 29.7 Å². The summed E-state index contributed by atoms with van der Waals surface area (Å²) in [6, 6.07) is 6.67. The van der Waals surface area contributed by atoms with Gasteiger partial charge in [0, 0.05) is 42.9 Å². The fourth-order valence-electron chi connectivity index (χ4n) is 4.51. The molecule has 2 amide bonds. The van der Waals surface area contributed by atoms with Crippen molar-refractivity contribution in [2.75, 3.05) is 18.4 Å². The van der Waals surface area contributed by atoms with Crippen molar-refractivity contribution in [3.05, 3.63) is 66.1 Å². The van der Waals surface area contributed by atoms with E-state index in [9.17, 15) is 9.59 Å². The fourth-order valence-corrected chi connectivity index (χ4v) is 4.51. The molecule has 1 aromatic carbocycles. The third-order valence-corrected chi connectivity index (χ3v) is 6.68. The van der Waals surface area contributed by atoms with Gasteiger partial charge in [-0.15, -0.1) is 5.10 Å². The molecule has 1 fully saturated rings. The van der Waals surface area contributed by atoms with Gasteiger partial charge in [0.1, 0.15) is 11.6 Å². The first-order chi connectivity index (χ1) is 18.6. The fraction of sp³-hybridized carbons (Fsp3) is 0.333. The summed E-state index contributed by atoms with van der Waals surface area (Å²) in [5.41, 5.74) is 1.99. The number of hydrogen-bond donors (Lipinski definition) is 4. The van der Waals surface area contributed by atoms with Crippen LogP contribution >= 0.6 is 0 Å². The highest BCUT2D eigenvalue weighted by Crippen LogP contribution is 2.33. The van der Waals surface area contributed by atoms with Crippen molar-refractivity contribution in [1.29, 1.82) is 0 Å². The molecule has 202 valence electrons. The van der Waals surface area contributed by atoms with Crippen LogP contribution in [-0.4, -0.2) is 66.2 Å². The van der Waals surface area contributed by atoms with Crippen LogP contribution in [-0.2, 0) is 16.8 Å². The van der Waals surface area contributed by atoms with Crippen LogP contribution in [0.15, 0.2) is 43.1 Å². The molecule has 12 heteroatoms. The van der Waals surface area contributed by atoms with Gasteiger partial charge in [0.2, 0.25) is 11.7 Å². The first-order valence-electron chi connectivity index (χ1n) is 12.6. The number of anilines is 1. The summed E-state index contributed by atoms with van der Waals surface area (Å²) in [6.45, 7) is 10.6. The third-order valence-electron chi connectivity index (χ3n) is 6.68. The molecule has 3 aromatic heterocycles. The largest absolute Gasteiger partial charge is 0.363 e. The average Bonchev–Trinajstić information content (AvgIpc) is 3.67. The van der Waals surface area contributed by atoms with E-state index in [1.165, 1.54) is 12.1 Å². The lowest BCUT2D eigenvalue weighted by molar-refractivity contribution is -0.125. The van der Waals surface area contributed by atoms with E-state index in [4.69, 9.17) is 0 Å². The molecule has 39 heavy (non-hydrogen) atoms. The summed E-state index contributed by atoms with van der Waals surface area (Å²) in [5.74, 6) is 0.135. The molecule has 4 N–H and O–H groups in total. The van der Waals surface area contributed by atoms with E-state index >= 15 is 4.39 Å². The second-order valence-electron chi connectivity index (χ2n) is 10.5. The van der Waals surface area contributed by atoms with Gasteiger partial charge in [-0.2, -0.15) is 5.10 Å². The first kappa shape index (κ1) is 26.0. The Morgan fingerprint density at radius 1 is 1.23 bits per heavy atom. The van der Waals surface area contributed by atoms with Gasteiger partial charge in [-0.05, 0) is 35.8 Å². The Balaban J connectivity index is 1.32. The number of likely N-dealkylation sites (tertiary alicyclic amines) is 1. The van der Waals surface area contributed by atoms with Gasteiger partial charge in [0.15, 0.2) is 11.5 Å². The number of pyridine rings is 1. The minimum Gasteiger partial charge on any atom is -0.363 e. The Hall–Kier alpha value is -4.61. The predicted molar refractivity (Wildman–Crippen MR) is 144 cm³/mol. The summed E-state index contributed by atoms with van der Waals surface area (Å²) >= 11 is 0. The van der Waals surface area contributed by atoms with Crippen molar-refractivity contribution in [2.45, 2.75) is 45.2 Å². The van der Waals surface area contributed by atoms with E-state index in [0.29, 0.717) is 41.5 Å². The van der Waals surface area contributed by atoms with Crippen LogP contribution < -0.4 is 10.6 Å². The van der Waals surface area contributed by atoms with Gasteiger partial charge in [-0.25, -0.2) is 14.4 Å². The number of benzene rings is 1. The van der Waals surface area contributed by atoms with E-state index in [1.54, 1.807) is 29.3 Å². The number of hydrogen-bond acceptors (Lipinski definition) is 7. The lowest BCUT2D eigenvalue weighted by Gasteiger charge is -2.15. The molecule has 4 aromatic rings. The predicted octanol–water partition coefficient (Wildman–Crippen LogP) is 3.31. The average molecular weight is 532 g/mol. The highest BCUT2D eigenvalue weighted by atomic mass is 19.1. The molecule has 1 aliphatic heterocycles. The molecule has 4 heterocycles. The number of carbonyl (C=O) groups excluding carboxylic acids is 2. The number of aromatic nitrogens is 6. The number of aromatic amines is 2. The molecule has 0 aliphatic carbocycles. The van der Waals surface area contributed by atoms with Gasteiger partial charge in [0.25, 0.3) is 5.91 Å². The van der Waals surface area contributed by atoms with E-state index in [1.807, 2.05) is 20.8 Å². The van der Waals surface area contributed by atoms with Crippen LogP contribution in [0.3, 0.4) is 0 Å². The molecule has 0 radical (unpaired) electrons. The highest BCUT2D eigenvalue weighted by Gasteiger charge is 2.26. The van der Waals surface area contributed by atoms with Crippen molar-refractivity contribution in [2.24, 2.45) is 0 Å². The van der Waals surface area contributed by atoms with Crippen LogP contribution in [0.5, 0.6) is 0 Å². The molecule has 11 nitrogen and oxygen atoms in total. The number of carbonyl (C=O) groups is 2. The highest BCUT2D eigenvalue weighted by molar-refractivity contribution is 6.00. The van der Waals surface area contributed by atoms with Crippen molar-refractivity contribution in [1.82, 2.24) is 40.6 Å². The standard InChI is InChI=1S/C27H30FN9O2/c1-5-20(38)37-11-9-17(14-37)31-23-21-18(8-10-29-22(21)33-34-23)15-6-7-16(19(28)12-15)13-30-25(39)24-32-26(36-35-24)27(2,3)4/h5-8,10,12,17H,1,9,11,13-14H2,2-4H3,(H,30,39)(H,32,35,36)(H2,29,31,33,34)/t17-/m1/s1. The van der Waals surface area contributed by atoms with Gasteiger partial charge >= 0.3 is 0 Å². The van der Waals surface area contributed by atoms with Gasteiger partial charge in [0.05, 0.1) is 5.39 Å². The summed E-state index contributed by atoms with van der Waals surface area (Å²) in [6.07, 6.45) is 3.72. The Bertz CT molecular complexity index is 1550. The summed E-state index contributed by atoms with van der Waals surface area (Å²) in [4.78, 5) is 34.8. The molecule has 0 spiro atoms. The molecular formula is C27H30FN9O2. The molecule has 5 rings (SSSR count). The lowest BCUT2D eigenvalue weighted by Crippen LogP contribution is -2.30. The van der Waals surface area contributed by atoms with Crippen LogP contribution in [0.4, 0.5) is 10.2 Å². The number of halogens is 1. The van der Waals surface area contributed by atoms with Gasteiger partial charge < -0.3 is 15.5 Å². The third kappa shape index (κ3) is 5.35. The van der Waals surface area contributed by atoms with Crippen LogP contribution in [0.25, 0.3) is 22.2 Å². The number of rotatable bonds is 7. The van der Waals surface area contributed by atoms with Gasteiger partial charge in [-0.1, -0.05) is 39.5 Å². The number of H-pyrrole nitrogens is 2. The first-order valence-corrected chi connectivity index (χ1v) is 12.6. The zero-order valence-corrected chi connectivity index (χ0v) is 22.0. The SMILES string of the molecule is C=CC(=O)N1CC[C@@H](Nc2n[nH]c3nccc(-c4ccc(CNC(=O)c5n[nH]c(C(C)(C)C)n5)c(F)c4)c23)C1. The lowest BCUT2D eigenvalue weighted by atomic mass is 9.96. The smallest absolute Gasteiger partial charge is 0.291 e. The second kappa shape index (κ2) is 10.3. The Kier molecular flexibility index (Phi) is 6.85. The molecule has 1 aliphatic rings. The summed E-state index contributed by atoms with van der Waals surface area (Å²) in [7, 11) is 0. The Labute approximate surface area is 224 Å². The zero-order valence-electron chi connectivity index (χ0n) is 22.0. The Morgan fingerprint density at radius 3 is 2.77 bits per heavy atom. The molecular weight excluding hydrogens is 501 g/mol. The van der Waals surface area contributed by atoms with Crippen LogP contribution in [0.1, 0.15) is 49.2 Å². The zero-order chi connectivity index (χ0) is 27.7. The van der Waals surface area contributed by atoms with E-state index < -0.39 is 11.7 Å². The maximum Gasteiger partial charge on any atom is 0.291 e. The maximum absolute atomic E-state index is 15.2. The van der Waals surface area contributed by atoms with E-state index in [0.717, 1.165) is 17.4 Å². The molecule has 1 atom stereocenters. The van der Waals surface area contributed by atoms with Crippen molar-refractivity contribution in [3.8, 4) is 11.1 Å². The van der Waals surface area contributed by atoms with Crippen molar-refractivity contribution < 1.29 is 14.0 Å². The number of amides is 2. The number of nitrogens with one attached hydrogen (secondary N) is 4. The topological polar surface area (TPSA) is 145 Å². The minimum atomic E-state index is -0.490. The van der Waals surface area contributed by atoms with Crippen molar-refractivity contribution >= 4 is 28.7 Å². The number of nitrogens with zero attached hydrogens (tertiary/aromatic N) is 5. The second-order valence-corrected chi connectivity index (χ2v) is 10.5. The number of fused-ring (bicyclic) bond motifs is 1. The Morgan fingerprint density at radius 2 is 2.05 bits per heavy atom. The normalized spacial score (nSPS) is 15.5. The summed E-state index contributed by atoms with van der Waals surface area (Å²) in [5, 5.41) is 20.9. The molecule has 0 unspecified atom stereocenters. The van der Waals surface area contributed by atoms with Crippen molar-refractivity contribution in [3.63, 3.8) is 0 Å². The van der Waals surface area contributed by atoms with E-state index in [2.05, 4.69) is 47.6 Å². The van der Waals surface area contributed by atoms with Crippen LogP contribution in [0, 0.1) is 5.82 Å². The minimum absolute atomic E-state index is 0.00959. The van der Waals surface area contributed by atoms with Gasteiger partial charge in [-0.3, -0.25) is 19.8 Å². The molecule has 0 saturated carbocycles. The maximum atomic E-state index is 15.2. The quantitative estimate of drug-likeness (QED) is 0.268. The van der Waals surface area contributed by atoms with Crippen LogP contribution in [0.2, 0.25) is 0 Å².